The molecule has 1 N–H and O–H groups in total. The highest BCUT2D eigenvalue weighted by molar-refractivity contribution is 5.74. The van der Waals surface area contributed by atoms with Crippen molar-refractivity contribution >= 4 is 6.03 Å². The quantitative estimate of drug-likeness (QED) is 0.912. The van der Waals surface area contributed by atoms with E-state index in [0.717, 1.165) is 45.8 Å². The number of urea groups is 1. The van der Waals surface area contributed by atoms with Gasteiger partial charge in [-0.15, -0.1) is 0 Å². The second-order valence-corrected chi connectivity index (χ2v) is 5.76. The largest absolute Gasteiger partial charge is 0.379 e. The molecule has 5 heteroatoms. The molecule has 0 radical (unpaired) electrons. The lowest BCUT2D eigenvalue weighted by atomic mass is 10.2. The van der Waals surface area contributed by atoms with Gasteiger partial charge in [-0.05, 0) is 12.0 Å². The monoisotopic (exact) mass is 289 g/mol. The third-order valence-corrected chi connectivity index (χ3v) is 4.17. The van der Waals surface area contributed by atoms with Crippen molar-refractivity contribution in [1.29, 1.82) is 0 Å². The molecule has 0 spiro atoms. The summed E-state index contributed by atoms with van der Waals surface area (Å²) in [4.78, 5) is 16.5. The number of nitrogens with zero attached hydrogens (tertiary/aromatic N) is 2. The minimum absolute atomic E-state index is 0.0601. The molecule has 0 saturated carbocycles. The number of carbonyl (C=O) groups is 1. The minimum Gasteiger partial charge on any atom is -0.379 e. The number of nitrogens with one attached hydrogen (secondary N) is 1. The maximum Gasteiger partial charge on any atom is 0.317 e. The van der Waals surface area contributed by atoms with Gasteiger partial charge in [0.2, 0.25) is 0 Å². The van der Waals surface area contributed by atoms with Gasteiger partial charge in [-0.2, -0.15) is 0 Å². The van der Waals surface area contributed by atoms with Crippen LogP contribution >= 0.6 is 0 Å². The third-order valence-electron chi connectivity index (χ3n) is 4.17. The first-order chi connectivity index (χ1) is 10.3. The molecule has 2 saturated heterocycles. The highest BCUT2D eigenvalue weighted by Crippen LogP contribution is 2.09. The van der Waals surface area contributed by atoms with Crippen molar-refractivity contribution in [2.45, 2.75) is 19.0 Å². The van der Waals surface area contributed by atoms with Gasteiger partial charge in [-0.3, -0.25) is 4.90 Å². The summed E-state index contributed by atoms with van der Waals surface area (Å²) in [6, 6.07) is 10.7. The van der Waals surface area contributed by atoms with Gasteiger partial charge in [0.1, 0.15) is 0 Å². The van der Waals surface area contributed by atoms with Crippen molar-refractivity contribution in [3.63, 3.8) is 0 Å². The molecule has 21 heavy (non-hydrogen) atoms. The average molecular weight is 289 g/mol. The zero-order valence-corrected chi connectivity index (χ0v) is 12.3. The summed E-state index contributed by atoms with van der Waals surface area (Å²) < 4.78 is 5.29. The summed E-state index contributed by atoms with van der Waals surface area (Å²) in [6.45, 7) is 5.84. The number of ether oxygens (including phenoxy) is 1. The first-order valence-electron chi connectivity index (χ1n) is 7.71. The molecular formula is C16H23N3O2. The number of piperazine rings is 1. The van der Waals surface area contributed by atoms with Gasteiger partial charge in [0.05, 0.1) is 12.6 Å². The predicted octanol–water partition coefficient (Wildman–Crippen LogP) is 1.30. The molecule has 0 aliphatic carbocycles. The SMILES string of the molecule is O=C(NC1CCOC1)N1CCN(Cc2ccccc2)CC1. The topological polar surface area (TPSA) is 44.8 Å². The van der Waals surface area contributed by atoms with Crippen LogP contribution in [0.3, 0.4) is 0 Å². The van der Waals surface area contributed by atoms with Gasteiger partial charge < -0.3 is 15.0 Å². The van der Waals surface area contributed by atoms with E-state index in [4.69, 9.17) is 4.74 Å². The Morgan fingerprint density at radius 3 is 2.62 bits per heavy atom. The predicted molar refractivity (Wildman–Crippen MR) is 81.0 cm³/mol. The number of amides is 2. The van der Waals surface area contributed by atoms with E-state index in [1.165, 1.54) is 5.56 Å². The molecule has 2 aliphatic heterocycles. The zero-order chi connectivity index (χ0) is 14.5. The molecule has 2 amide bonds. The van der Waals surface area contributed by atoms with Crippen molar-refractivity contribution < 1.29 is 9.53 Å². The maximum atomic E-state index is 12.2. The Hall–Kier alpha value is -1.59. The molecular weight excluding hydrogens is 266 g/mol. The minimum atomic E-state index is 0.0601. The molecule has 1 aromatic carbocycles. The summed E-state index contributed by atoms with van der Waals surface area (Å²) in [7, 11) is 0. The first kappa shape index (κ1) is 14.4. The highest BCUT2D eigenvalue weighted by atomic mass is 16.5. The smallest absolute Gasteiger partial charge is 0.317 e. The number of hydrogen-bond acceptors (Lipinski definition) is 3. The molecule has 1 atom stereocenters. The second kappa shape index (κ2) is 6.91. The second-order valence-electron chi connectivity index (χ2n) is 5.76. The van der Waals surface area contributed by atoms with Gasteiger partial charge in [0.25, 0.3) is 0 Å². The third kappa shape index (κ3) is 3.95. The summed E-state index contributed by atoms with van der Waals surface area (Å²) >= 11 is 0. The Kier molecular flexibility index (Phi) is 4.72. The van der Waals surface area contributed by atoms with Crippen molar-refractivity contribution in [1.82, 2.24) is 15.1 Å². The molecule has 1 unspecified atom stereocenters. The number of benzene rings is 1. The molecule has 2 heterocycles. The fraction of sp³-hybridized carbons (Fsp3) is 0.562. The van der Waals surface area contributed by atoms with Crippen molar-refractivity contribution in [2.75, 3.05) is 39.4 Å². The summed E-state index contributed by atoms with van der Waals surface area (Å²) in [5.41, 5.74) is 1.33. The van der Waals surface area contributed by atoms with Crippen LogP contribution in [0.5, 0.6) is 0 Å². The summed E-state index contributed by atoms with van der Waals surface area (Å²) in [5, 5.41) is 3.06. The number of carbonyl (C=O) groups excluding carboxylic acids is 1. The normalized spacial score (nSPS) is 23.2. The van der Waals surface area contributed by atoms with Crippen LogP contribution in [0, 0.1) is 0 Å². The van der Waals surface area contributed by atoms with Gasteiger partial charge >= 0.3 is 6.03 Å². The van der Waals surface area contributed by atoms with E-state index >= 15 is 0 Å². The Labute approximate surface area is 125 Å². The lowest BCUT2D eigenvalue weighted by Crippen LogP contribution is -2.53. The standard InChI is InChI=1S/C16H23N3O2/c20-16(17-15-6-11-21-13-15)19-9-7-18(8-10-19)12-14-4-2-1-3-5-14/h1-5,15H,6-13H2,(H,17,20). The number of rotatable bonds is 3. The molecule has 2 aliphatic rings. The highest BCUT2D eigenvalue weighted by Gasteiger charge is 2.24. The molecule has 0 bridgehead atoms. The molecule has 5 nitrogen and oxygen atoms in total. The van der Waals surface area contributed by atoms with Crippen LogP contribution in [-0.4, -0.2) is 61.3 Å². The van der Waals surface area contributed by atoms with Crippen molar-refractivity contribution in [3.8, 4) is 0 Å². The van der Waals surface area contributed by atoms with E-state index in [9.17, 15) is 4.79 Å². The van der Waals surface area contributed by atoms with E-state index in [1.54, 1.807) is 0 Å². The van der Waals surface area contributed by atoms with E-state index in [-0.39, 0.29) is 12.1 Å². The number of hydrogen-bond donors (Lipinski definition) is 1. The van der Waals surface area contributed by atoms with Crippen LogP contribution in [0.15, 0.2) is 30.3 Å². The van der Waals surface area contributed by atoms with Crippen LogP contribution in [0.2, 0.25) is 0 Å². The van der Waals surface area contributed by atoms with Crippen LogP contribution in [0.1, 0.15) is 12.0 Å². The van der Waals surface area contributed by atoms with Crippen LogP contribution in [0.4, 0.5) is 4.79 Å². The zero-order valence-electron chi connectivity index (χ0n) is 12.3. The average Bonchev–Trinajstić information content (AvgIpc) is 3.02. The Bertz CT molecular complexity index is 452. The molecule has 1 aromatic rings. The van der Waals surface area contributed by atoms with E-state index in [0.29, 0.717) is 6.61 Å². The molecule has 0 aromatic heterocycles. The van der Waals surface area contributed by atoms with Gasteiger partial charge in [0, 0.05) is 39.3 Å². The Morgan fingerprint density at radius 2 is 1.95 bits per heavy atom. The lowest BCUT2D eigenvalue weighted by Gasteiger charge is -2.35. The van der Waals surface area contributed by atoms with Crippen LogP contribution < -0.4 is 5.32 Å². The first-order valence-corrected chi connectivity index (χ1v) is 7.71. The van der Waals surface area contributed by atoms with E-state index in [2.05, 4.69) is 34.5 Å². The van der Waals surface area contributed by atoms with E-state index < -0.39 is 0 Å². The van der Waals surface area contributed by atoms with Crippen LogP contribution in [-0.2, 0) is 11.3 Å². The Balaban J connectivity index is 1.43. The van der Waals surface area contributed by atoms with Crippen LogP contribution in [0.25, 0.3) is 0 Å². The molecule has 2 fully saturated rings. The summed E-state index contributed by atoms with van der Waals surface area (Å²) in [5.74, 6) is 0. The Morgan fingerprint density at radius 1 is 1.19 bits per heavy atom. The lowest BCUT2D eigenvalue weighted by molar-refractivity contribution is 0.131. The van der Waals surface area contributed by atoms with Gasteiger partial charge in [0.15, 0.2) is 0 Å². The van der Waals surface area contributed by atoms with Gasteiger partial charge in [-0.25, -0.2) is 4.79 Å². The fourth-order valence-corrected chi connectivity index (χ4v) is 2.86. The maximum absolute atomic E-state index is 12.2. The molecule has 114 valence electrons. The van der Waals surface area contributed by atoms with Crippen molar-refractivity contribution in [3.05, 3.63) is 35.9 Å². The fourth-order valence-electron chi connectivity index (χ4n) is 2.86. The van der Waals surface area contributed by atoms with Gasteiger partial charge in [-0.1, -0.05) is 30.3 Å². The van der Waals surface area contributed by atoms with E-state index in [1.807, 2.05) is 11.0 Å². The van der Waals surface area contributed by atoms with Crippen molar-refractivity contribution in [2.24, 2.45) is 0 Å². The molecule has 3 rings (SSSR count). The summed E-state index contributed by atoms with van der Waals surface area (Å²) in [6.07, 6.45) is 0.930.